The van der Waals surface area contributed by atoms with E-state index in [1.54, 1.807) is 20.8 Å². The maximum atomic E-state index is 12.3. The Morgan fingerprint density at radius 2 is 1.90 bits per heavy atom. The zero-order valence-electron chi connectivity index (χ0n) is 13.5. The molecule has 0 aromatic carbocycles. The van der Waals surface area contributed by atoms with Crippen molar-refractivity contribution < 1.29 is 28.2 Å². The smallest absolute Gasteiger partial charge is 0.410 e. The van der Waals surface area contributed by atoms with Crippen LogP contribution in [0.25, 0.3) is 0 Å². The first-order chi connectivity index (χ1) is 9.71. The minimum absolute atomic E-state index is 0.0365. The van der Waals surface area contributed by atoms with Crippen LogP contribution in [0.1, 0.15) is 33.6 Å². The molecule has 0 heterocycles. The molecule has 0 N–H and O–H groups in total. The zero-order valence-corrected chi connectivity index (χ0v) is 14.4. The van der Waals surface area contributed by atoms with Crippen LogP contribution >= 0.6 is 7.37 Å². The van der Waals surface area contributed by atoms with E-state index in [-0.39, 0.29) is 37.9 Å². The Kier molecular flexibility index (Phi) is 9.29. The van der Waals surface area contributed by atoms with E-state index in [2.05, 4.69) is 4.74 Å². The van der Waals surface area contributed by atoms with Crippen molar-refractivity contribution in [1.82, 2.24) is 4.90 Å². The number of carbonyl (C=O) groups is 2. The van der Waals surface area contributed by atoms with Crippen LogP contribution < -0.4 is 0 Å². The van der Waals surface area contributed by atoms with Crippen molar-refractivity contribution in [3.63, 3.8) is 0 Å². The predicted octanol–water partition coefficient (Wildman–Crippen LogP) is 2.69. The second kappa shape index (κ2) is 9.79. The lowest BCUT2D eigenvalue weighted by molar-refractivity contribution is -0.140. The molecule has 0 spiro atoms. The molecular weight excluding hydrogens is 297 g/mol. The minimum atomic E-state index is -2.94. The third-order valence-corrected chi connectivity index (χ3v) is 4.15. The van der Waals surface area contributed by atoms with Crippen molar-refractivity contribution in [3.8, 4) is 0 Å². The lowest BCUT2D eigenvalue weighted by atomic mass is 10.3. The summed E-state index contributed by atoms with van der Waals surface area (Å²) in [5.41, 5.74) is 0. The fraction of sp³-hybridized carbons (Fsp3) is 0.846. The normalized spacial score (nSPS) is 13.6. The minimum Gasteiger partial charge on any atom is -0.469 e. The number of ether oxygens (including phenoxy) is 2. The maximum Gasteiger partial charge on any atom is 0.410 e. The first-order valence-electron chi connectivity index (χ1n) is 6.95. The molecule has 0 fully saturated rings. The average molecular weight is 323 g/mol. The van der Waals surface area contributed by atoms with E-state index in [1.165, 1.54) is 18.7 Å². The standard InChI is InChI=1S/C13H26NO6P/c1-6-19-13(16)14(9-7-8-12(15)18-4)10-21(5,17)20-11(2)3/h11H,6-10H2,1-5H3/t21-/m0/s1. The van der Waals surface area contributed by atoms with Gasteiger partial charge in [-0.15, -0.1) is 0 Å². The Morgan fingerprint density at radius 3 is 2.38 bits per heavy atom. The lowest BCUT2D eigenvalue weighted by Gasteiger charge is -2.26. The molecule has 8 heteroatoms. The number of hydrogen-bond acceptors (Lipinski definition) is 6. The van der Waals surface area contributed by atoms with E-state index in [0.717, 1.165) is 0 Å². The van der Waals surface area contributed by atoms with Gasteiger partial charge in [-0.2, -0.15) is 0 Å². The molecule has 0 saturated heterocycles. The van der Waals surface area contributed by atoms with Gasteiger partial charge in [-0.25, -0.2) is 4.79 Å². The Hall–Kier alpha value is -1.07. The number of amides is 1. The van der Waals surface area contributed by atoms with Gasteiger partial charge < -0.3 is 14.0 Å². The van der Waals surface area contributed by atoms with Crippen LogP contribution in [-0.2, 0) is 23.4 Å². The summed E-state index contributed by atoms with van der Waals surface area (Å²) in [5, 5.41) is 0. The number of hydrogen-bond donors (Lipinski definition) is 0. The molecule has 7 nitrogen and oxygen atoms in total. The fourth-order valence-corrected chi connectivity index (χ4v) is 3.58. The summed E-state index contributed by atoms with van der Waals surface area (Å²) in [7, 11) is -1.64. The number of rotatable bonds is 9. The van der Waals surface area contributed by atoms with Gasteiger partial charge in [0.05, 0.1) is 19.8 Å². The van der Waals surface area contributed by atoms with Gasteiger partial charge in [0.1, 0.15) is 6.29 Å². The topological polar surface area (TPSA) is 82.1 Å². The van der Waals surface area contributed by atoms with Crippen molar-refractivity contribution in [3.05, 3.63) is 0 Å². The number of nitrogens with zero attached hydrogens (tertiary/aromatic N) is 1. The quantitative estimate of drug-likeness (QED) is 0.479. The highest BCUT2D eigenvalue weighted by Crippen LogP contribution is 2.44. The van der Waals surface area contributed by atoms with Crippen molar-refractivity contribution in [2.45, 2.75) is 39.7 Å². The molecule has 0 unspecified atom stereocenters. The molecule has 0 saturated carbocycles. The first kappa shape index (κ1) is 19.9. The van der Waals surface area contributed by atoms with Crippen LogP contribution in [0, 0.1) is 0 Å². The summed E-state index contributed by atoms with van der Waals surface area (Å²) >= 11 is 0. The van der Waals surface area contributed by atoms with Crippen LogP contribution in [-0.4, -0.2) is 56.3 Å². The summed E-state index contributed by atoms with van der Waals surface area (Å²) in [6.07, 6.45) is -0.194. The molecule has 0 aromatic rings. The summed E-state index contributed by atoms with van der Waals surface area (Å²) < 4.78 is 27.2. The summed E-state index contributed by atoms with van der Waals surface area (Å²) in [6, 6.07) is 0. The van der Waals surface area contributed by atoms with E-state index in [9.17, 15) is 14.2 Å². The van der Waals surface area contributed by atoms with Crippen molar-refractivity contribution in [1.29, 1.82) is 0 Å². The first-order valence-corrected chi connectivity index (χ1v) is 9.21. The van der Waals surface area contributed by atoms with Gasteiger partial charge in [0, 0.05) is 19.6 Å². The Morgan fingerprint density at radius 1 is 1.29 bits per heavy atom. The van der Waals surface area contributed by atoms with Crippen LogP contribution in [0.5, 0.6) is 0 Å². The third-order valence-electron chi connectivity index (χ3n) is 2.42. The molecule has 0 aliphatic heterocycles. The molecular formula is C13H26NO6P. The molecule has 0 radical (unpaired) electrons. The van der Waals surface area contributed by atoms with Gasteiger partial charge >= 0.3 is 12.1 Å². The van der Waals surface area contributed by atoms with E-state index in [0.29, 0.717) is 6.42 Å². The van der Waals surface area contributed by atoms with Gasteiger partial charge in [0.15, 0.2) is 0 Å². The van der Waals surface area contributed by atoms with Gasteiger partial charge in [-0.1, -0.05) is 0 Å². The Labute approximate surface area is 126 Å². The van der Waals surface area contributed by atoms with Crippen molar-refractivity contribution >= 4 is 19.4 Å². The molecule has 0 aliphatic carbocycles. The van der Waals surface area contributed by atoms with Crippen molar-refractivity contribution in [2.24, 2.45) is 0 Å². The Bertz CT molecular complexity index is 385. The van der Waals surface area contributed by atoms with Gasteiger partial charge in [-0.05, 0) is 27.2 Å². The highest BCUT2D eigenvalue weighted by atomic mass is 31.2. The SMILES string of the molecule is CCOC(=O)N(CCCC(=O)OC)C[P@@](C)(=O)OC(C)C. The van der Waals surface area contributed by atoms with E-state index < -0.39 is 13.5 Å². The number of carbonyl (C=O) groups excluding carboxylic acids is 2. The second-order valence-electron chi connectivity index (χ2n) is 4.95. The summed E-state index contributed by atoms with van der Waals surface area (Å²) in [6.45, 7) is 7.23. The highest BCUT2D eigenvalue weighted by Gasteiger charge is 2.26. The molecule has 0 rings (SSSR count). The van der Waals surface area contributed by atoms with Crippen LogP contribution in [0.4, 0.5) is 4.79 Å². The predicted molar refractivity (Wildman–Crippen MR) is 79.6 cm³/mol. The van der Waals surface area contributed by atoms with E-state index in [4.69, 9.17) is 9.26 Å². The monoisotopic (exact) mass is 323 g/mol. The molecule has 1 atom stereocenters. The lowest BCUT2D eigenvalue weighted by Crippen LogP contribution is -2.34. The average Bonchev–Trinajstić information content (AvgIpc) is 2.35. The summed E-state index contributed by atoms with van der Waals surface area (Å²) in [4.78, 5) is 24.3. The third kappa shape index (κ3) is 9.47. The van der Waals surface area contributed by atoms with Gasteiger partial charge in [0.2, 0.25) is 7.37 Å². The molecule has 124 valence electrons. The van der Waals surface area contributed by atoms with Crippen LogP contribution in [0.2, 0.25) is 0 Å². The number of esters is 1. The van der Waals surface area contributed by atoms with E-state index >= 15 is 0 Å². The second-order valence-corrected chi connectivity index (χ2v) is 7.47. The molecule has 0 bridgehead atoms. The fourth-order valence-electron chi connectivity index (χ4n) is 1.74. The molecule has 1 amide bonds. The summed E-state index contributed by atoms with van der Waals surface area (Å²) in [5.74, 6) is -0.350. The molecule has 21 heavy (non-hydrogen) atoms. The van der Waals surface area contributed by atoms with Gasteiger partial charge in [-0.3, -0.25) is 14.3 Å². The van der Waals surface area contributed by atoms with Crippen LogP contribution in [0.15, 0.2) is 0 Å². The van der Waals surface area contributed by atoms with Crippen LogP contribution in [0.3, 0.4) is 0 Å². The highest BCUT2D eigenvalue weighted by molar-refractivity contribution is 7.58. The van der Waals surface area contributed by atoms with E-state index in [1.807, 2.05) is 0 Å². The van der Waals surface area contributed by atoms with Crippen molar-refractivity contribution in [2.75, 3.05) is 33.2 Å². The number of methoxy groups -OCH3 is 1. The molecule has 0 aliphatic rings. The van der Waals surface area contributed by atoms with Gasteiger partial charge in [0.25, 0.3) is 0 Å². The Balaban J connectivity index is 4.62. The molecule has 0 aromatic heterocycles. The maximum absolute atomic E-state index is 12.3. The largest absolute Gasteiger partial charge is 0.469 e. The zero-order chi connectivity index (χ0) is 16.5.